The second kappa shape index (κ2) is 6.34. The topological polar surface area (TPSA) is 79.3 Å². The van der Waals surface area contributed by atoms with Crippen LogP contribution in [0.2, 0.25) is 0 Å². The Kier molecular flexibility index (Phi) is 4.74. The van der Waals surface area contributed by atoms with E-state index in [0.29, 0.717) is 5.69 Å². The molecular formula is C13H16N2O3S2. The lowest BCUT2D eigenvalue weighted by Gasteiger charge is -2.04. The fourth-order valence-corrected chi connectivity index (χ4v) is 3.00. The first kappa shape index (κ1) is 15.0. The highest BCUT2D eigenvalue weighted by molar-refractivity contribution is 7.87. The normalized spacial score (nSPS) is 11.5. The van der Waals surface area contributed by atoms with Crippen LogP contribution in [0.15, 0.2) is 29.6 Å². The first-order valence-electron chi connectivity index (χ1n) is 6.23. The number of anilines is 1. The van der Waals surface area contributed by atoms with Crippen LogP contribution in [0, 0.1) is 0 Å². The van der Waals surface area contributed by atoms with E-state index in [1.54, 1.807) is 23.5 Å². The number of rotatable bonds is 6. The molecule has 2 aromatic rings. The number of hydrogen-bond donors (Lipinski definition) is 2. The quantitative estimate of drug-likeness (QED) is 0.804. The minimum absolute atomic E-state index is 0.346. The number of nitrogens with one attached hydrogen (secondary N) is 1. The van der Waals surface area contributed by atoms with Crippen molar-refractivity contribution in [3.63, 3.8) is 0 Å². The summed E-state index contributed by atoms with van der Waals surface area (Å²) >= 11 is 1.68. The molecule has 0 fully saturated rings. The lowest BCUT2D eigenvalue weighted by atomic mass is 10.1. The van der Waals surface area contributed by atoms with E-state index in [1.165, 1.54) is 0 Å². The molecular weight excluding hydrogens is 296 g/mol. The SMILES string of the molecule is CCc1nc(CCc2ccc(NS(=O)(=O)O)cc2)cs1. The van der Waals surface area contributed by atoms with Gasteiger partial charge >= 0.3 is 10.3 Å². The van der Waals surface area contributed by atoms with Crippen LogP contribution < -0.4 is 4.72 Å². The van der Waals surface area contributed by atoms with Gasteiger partial charge in [0.1, 0.15) is 0 Å². The molecule has 7 heteroatoms. The van der Waals surface area contributed by atoms with Crippen LogP contribution >= 0.6 is 11.3 Å². The molecule has 0 unspecified atom stereocenters. The van der Waals surface area contributed by atoms with Crippen LogP contribution in [0.25, 0.3) is 0 Å². The van der Waals surface area contributed by atoms with E-state index in [1.807, 2.05) is 16.9 Å². The Morgan fingerprint density at radius 3 is 2.50 bits per heavy atom. The van der Waals surface area contributed by atoms with Crippen LogP contribution in [0.1, 0.15) is 23.2 Å². The Hall–Kier alpha value is -1.44. The van der Waals surface area contributed by atoms with Gasteiger partial charge in [0, 0.05) is 5.38 Å². The fourth-order valence-electron chi connectivity index (χ4n) is 1.79. The fraction of sp³-hybridized carbons (Fsp3) is 0.308. The first-order valence-corrected chi connectivity index (χ1v) is 8.55. The van der Waals surface area contributed by atoms with Gasteiger partial charge in [0.05, 0.1) is 16.4 Å². The average Bonchev–Trinajstić information content (AvgIpc) is 2.84. The number of benzene rings is 1. The summed E-state index contributed by atoms with van der Waals surface area (Å²) in [5.41, 5.74) is 2.53. The average molecular weight is 312 g/mol. The summed E-state index contributed by atoms with van der Waals surface area (Å²) < 4.78 is 32.0. The molecule has 1 aromatic carbocycles. The Morgan fingerprint density at radius 2 is 1.95 bits per heavy atom. The van der Waals surface area contributed by atoms with Gasteiger partial charge in [-0.2, -0.15) is 8.42 Å². The van der Waals surface area contributed by atoms with Crippen LogP contribution in [-0.4, -0.2) is 18.0 Å². The summed E-state index contributed by atoms with van der Waals surface area (Å²) in [7, 11) is -4.20. The molecule has 2 rings (SSSR count). The molecule has 2 N–H and O–H groups in total. The molecule has 0 saturated carbocycles. The highest BCUT2D eigenvalue weighted by Crippen LogP contribution is 2.15. The van der Waals surface area contributed by atoms with Crippen molar-refractivity contribution in [1.29, 1.82) is 0 Å². The highest BCUT2D eigenvalue weighted by atomic mass is 32.2. The molecule has 5 nitrogen and oxygen atoms in total. The van der Waals surface area contributed by atoms with Crippen molar-refractivity contribution in [1.82, 2.24) is 4.98 Å². The molecule has 0 atom stereocenters. The molecule has 0 aliphatic heterocycles. The van der Waals surface area contributed by atoms with Gasteiger partial charge in [-0.3, -0.25) is 9.27 Å². The van der Waals surface area contributed by atoms with Crippen molar-refractivity contribution in [3.05, 3.63) is 45.9 Å². The van der Waals surface area contributed by atoms with Crippen LogP contribution in [0.5, 0.6) is 0 Å². The second-order valence-electron chi connectivity index (χ2n) is 4.36. The third-order valence-corrected chi connectivity index (χ3v) is 4.31. The van der Waals surface area contributed by atoms with E-state index >= 15 is 0 Å². The maximum Gasteiger partial charge on any atom is 0.357 e. The summed E-state index contributed by atoms with van der Waals surface area (Å²) in [5.74, 6) is 0. The monoisotopic (exact) mass is 312 g/mol. The van der Waals surface area contributed by atoms with E-state index in [2.05, 4.69) is 17.3 Å². The summed E-state index contributed by atoms with van der Waals surface area (Å²) in [4.78, 5) is 4.50. The maximum atomic E-state index is 10.7. The Labute approximate surface area is 122 Å². The summed E-state index contributed by atoms with van der Waals surface area (Å²) in [6.07, 6.45) is 2.67. The van der Waals surface area contributed by atoms with E-state index < -0.39 is 10.3 Å². The second-order valence-corrected chi connectivity index (χ2v) is 6.46. The third kappa shape index (κ3) is 4.59. The molecule has 1 aromatic heterocycles. The maximum absolute atomic E-state index is 10.7. The Bertz CT molecular complexity index is 663. The molecule has 0 bridgehead atoms. The first-order chi connectivity index (χ1) is 9.46. The van der Waals surface area contributed by atoms with Crippen LogP contribution in [0.4, 0.5) is 5.69 Å². The van der Waals surface area contributed by atoms with Gasteiger partial charge in [0.15, 0.2) is 0 Å². The molecule has 0 aliphatic carbocycles. The lowest BCUT2D eigenvalue weighted by molar-refractivity contribution is 0.489. The van der Waals surface area contributed by atoms with E-state index in [0.717, 1.165) is 35.5 Å². The van der Waals surface area contributed by atoms with Gasteiger partial charge in [-0.15, -0.1) is 11.3 Å². The van der Waals surface area contributed by atoms with Crippen molar-refractivity contribution in [3.8, 4) is 0 Å². The number of thiazole rings is 1. The standard InChI is InChI=1S/C13H16N2O3S2/c1-2-13-14-12(9-19-13)8-5-10-3-6-11(7-4-10)15-20(16,17)18/h3-4,6-7,9,15H,2,5,8H2,1H3,(H,16,17,18). The highest BCUT2D eigenvalue weighted by Gasteiger charge is 2.04. The van der Waals surface area contributed by atoms with Crippen molar-refractivity contribution < 1.29 is 13.0 Å². The molecule has 20 heavy (non-hydrogen) atoms. The largest absolute Gasteiger partial charge is 0.357 e. The smallest absolute Gasteiger partial charge is 0.269 e. The molecule has 1 heterocycles. The zero-order chi connectivity index (χ0) is 14.6. The van der Waals surface area contributed by atoms with Gasteiger partial charge in [-0.1, -0.05) is 19.1 Å². The van der Waals surface area contributed by atoms with Crippen molar-refractivity contribution in [2.75, 3.05) is 4.72 Å². The molecule has 0 amide bonds. The third-order valence-electron chi connectivity index (χ3n) is 2.77. The minimum atomic E-state index is -4.20. The Morgan fingerprint density at radius 1 is 1.25 bits per heavy atom. The van der Waals surface area contributed by atoms with E-state index in [-0.39, 0.29) is 0 Å². The summed E-state index contributed by atoms with van der Waals surface area (Å²) in [6, 6.07) is 6.92. The van der Waals surface area contributed by atoms with Gasteiger partial charge in [0.25, 0.3) is 0 Å². The molecule has 0 aliphatic rings. The number of aryl methyl sites for hydroxylation is 3. The van der Waals surface area contributed by atoms with E-state index in [9.17, 15) is 8.42 Å². The van der Waals surface area contributed by atoms with Crippen LogP contribution in [-0.2, 0) is 29.6 Å². The molecule has 0 spiro atoms. The number of hydrogen-bond acceptors (Lipinski definition) is 4. The predicted molar refractivity (Wildman–Crippen MR) is 80.5 cm³/mol. The molecule has 108 valence electrons. The van der Waals surface area contributed by atoms with Crippen molar-refractivity contribution in [2.24, 2.45) is 0 Å². The van der Waals surface area contributed by atoms with Crippen molar-refractivity contribution >= 4 is 27.3 Å². The molecule has 0 radical (unpaired) electrons. The van der Waals surface area contributed by atoms with Gasteiger partial charge in [0.2, 0.25) is 0 Å². The number of aromatic nitrogens is 1. The Balaban J connectivity index is 1.93. The number of nitrogens with zero attached hydrogens (tertiary/aromatic N) is 1. The van der Waals surface area contributed by atoms with E-state index in [4.69, 9.17) is 4.55 Å². The molecule has 0 saturated heterocycles. The zero-order valence-electron chi connectivity index (χ0n) is 11.0. The predicted octanol–water partition coefficient (Wildman–Crippen LogP) is 2.71. The van der Waals surface area contributed by atoms with Gasteiger partial charge in [-0.25, -0.2) is 4.98 Å². The van der Waals surface area contributed by atoms with Crippen LogP contribution in [0.3, 0.4) is 0 Å². The minimum Gasteiger partial charge on any atom is -0.269 e. The summed E-state index contributed by atoms with van der Waals surface area (Å²) in [5, 5.41) is 3.22. The van der Waals surface area contributed by atoms with Gasteiger partial charge < -0.3 is 0 Å². The zero-order valence-corrected chi connectivity index (χ0v) is 12.7. The lowest BCUT2D eigenvalue weighted by Crippen LogP contribution is -2.10. The summed E-state index contributed by atoms with van der Waals surface area (Å²) in [6.45, 7) is 2.09. The van der Waals surface area contributed by atoms with Gasteiger partial charge in [-0.05, 0) is 37.0 Å². The van der Waals surface area contributed by atoms with Crippen molar-refractivity contribution in [2.45, 2.75) is 26.2 Å².